The van der Waals surface area contributed by atoms with Crippen LogP contribution >= 0.6 is 11.3 Å². The van der Waals surface area contributed by atoms with E-state index in [1.54, 1.807) is 37.2 Å². The summed E-state index contributed by atoms with van der Waals surface area (Å²) in [6.45, 7) is 16.5. The maximum atomic E-state index is 14.6. The summed E-state index contributed by atoms with van der Waals surface area (Å²) in [6, 6.07) is 7.32. The number of benzene rings is 1. The van der Waals surface area contributed by atoms with Crippen LogP contribution in [0.5, 0.6) is 0 Å². The van der Waals surface area contributed by atoms with Crippen molar-refractivity contribution in [1.29, 1.82) is 0 Å². The Morgan fingerprint density at radius 1 is 1.15 bits per heavy atom. The molecule has 0 saturated carbocycles. The lowest BCUT2D eigenvalue weighted by Gasteiger charge is -2.37. The number of likely N-dealkylation sites (tertiary alicyclic amines) is 1. The van der Waals surface area contributed by atoms with Crippen LogP contribution < -0.4 is 10.7 Å². The molecule has 3 aliphatic heterocycles. The standard InChI is InChI=1S/C49H65N9O7S/c1-10-42(59)54(7)25-31-18-21-56(26-31)48(63)55(8)43(30(3)4)45(60)52-37-23-41-51-39(28-66-41)32-16-17-40-34(22-32)35(44(57(40)11-2)33-14-12-19-50-38(33)27-64-9)24-49(5,6)29-65-47(62)36-15-13-20-58(53-36)46(37)61/h10,12,14,16-17,19,22,28,30-31,36-37,43,53H,1,11,13,15,18,20-21,23-27,29H2,2-9H3,(H,52,60)/t31-,36-,37-,43?/m0/s1. The molecule has 1 aromatic carbocycles. The van der Waals surface area contributed by atoms with E-state index in [4.69, 9.17) is 19.4 Å². The van der Waals surface area contributed by atoms with Gasteiger partial charge in [-0.05, 0) is 80.3 Å². The lowest BCUT2D eigenvalue weighted by atomic mass is 9.84. The number of hydrogen-bond acceptors (Lipinski definition) is 11. The zero-order valence-corrected chi connectivity index (χ0v) is 40.4. The molecule has 16 nitrogen and oxygen atoms in total. The van der Waals surface area contributed by atoms with E-state index >= 15 is 0 Å². The molecule has 3 aromatic heterocycles. The average Bonchev–Trinajstić information content (AvgIpc) is 4.05. The van der Waals surface area contributed by atoms with Crippen molar-refractivity contribution < 1.29 is 33.4 Å². The maximum Gasteiger partial charge on any atom is 0.324 e. The van der Waals surface area contributed by atoms with Crippen molar-refractivity contribution in [2.24, 2.45) is 17.3 Å². The van der Waals surface area contributed by atoms with Gasteiger partial charge in [-0.1, -0.05) is 40.3 Å². The number of fused-ring (bicyclic) bond motifs is 6. The summed E-state index contributed by atoms with van der Waals surface area (Å²) in [5, 5.41) is 8.13. The van der Waals surface area contributed by atoms with E-state index in [0.29, 0.717) is 63.6 Å². The summed E-state index contributed by atoms with van der Waals surface area (Å²) in [6.07, 6.45) is 5.45. The number of carbonyl (C=O) groups excluding carboxylic acids is 5. The van der Waals surface area contributed by atoms with Gasteiger partial charge in [-0.15, -0.1) is 11.3 Å². The Balaban J connectivity index is 1.22. The van der Waals surface area contributed by atoms with Crippen LogP contribution in [0.4, 0.5) is 4.79 Å². The molecule has 4 aromatic rings. The van der Waals surface area contributed by atoms with Gasteiger partial charge in [0.2, 0.25) is 11.8 Å². The number of amides is 5. The molecule has 0 spiro atoms. The third-order valence-corrected chi connectivity index (χ3v) is 13.9. The molecule has 1 unspecified atom stereocenters. The predicted octanol–water partition coefficient (Wildman–Crippen LogP) is 5.68. The van der Waals surface area contributed by atoms with Gasteiger partial charge < -0.3 is 34.1 Å². The van der Waals surface area contributed by atoms with E-state index in [1.807, 2.05) is 25.3 Å². The van der Waals surface area contributed by atoms with Gasteiger partial charge >= 0.3 is 12.0 Å². The SMILES string of the molecule is C=CC(=O)N(C)C[C@@H]1CCN(C(=O)N(C)C(C(=O)N[C@H]2Cc3nc(cs3)-c3ccc4c(c3)c(c(-c3cccnc3COC)n4CC)CC(C)(C)COC(=O)[C@@H]3CCCN(N3)C2=O)C(C)C)C1. The lowest BCUT2D eigenvalue weighted by molar-refractivity contribution is -0.155. The average molecular weight is 924 g/mol. The van der Waals surface area contributed by atoms with Gasteiger partial charge in [0.05, 0.1) is 35.3 Å². The highest BCUT2D eigenvalue weighted by atomic mass is 32.1. The Morgan fingerprint density at radius 3 is 2.67 bits per heavy atom. The number of thiazole rings is 1. The number of hydrazine groups is 1. The number of likely N-dealkylation sites (N-methyl/N-ethyl adjacent to an activating group) is 2. The number of aryl methyl sites for hydroxylation is 1. The zero-order chi connectivity index (χ0) is 47.4. The summed E-state index contributed by atoms with van der Waals surface area (Å²) in [5.41, 5.74) is 9.28. The topological polar surface area (TPSA) is 172 Å². The first-order valence-corrected chi connectivity index (χ1v) is 23.9. The van der Waals surface area contributed by atoms with Gasteiger partial charge in [-0.2, -0.15) is 0 Å². The molecule has 0 radical (unpaired) electrons. The quantitative estimate of drug-likeness (QED) is 0.141. The highest BCUT2D eigenvalue weighted by molar-refractivity contribution is 7.10. The summed E-state index contributed by atoms with van der Waals surface area (Å²) >= 11 is 1.41. The molecule has 2 N–H and O–H groups in total. The third-order valence-electron chi connectivity index (χ3n) is 13.0. The van der Waals surface area contributed by atoms with Gasteiger partial charge in [-0.3, -0.25) is 29.2 Å². The fraction of sp³-hybridized carbons (Fsp3) is 0.531. The molecule has 2 fully saturated rings. The number of ether oxygens (including phenoxy) is 2. The Kier molecular flexibility index (Phi) is 15.0. The zero-order valence-electron chi connectivity index (χ0n) is 39.6. The number of nitrogens with zero attached hydrogens (tertiary/aromatic N) is 7. The van der Waals surface area contributed by atoms with Gasteiger partial charge in [0, 0.05) is 99.4 Å². The number of cyclic esters (lactones) is 1. The van der Waals surface area contributed by atoms with Crippen molar-refractivity contribution in [2.75, 3.05) is 54.0 Å². The van der Waals surface area contributed by atoms with Crippen molar-refractivity contribution in [3.63, 3.8) is 0 Å². The number of hydrogen-bond donors (Lipinski definition) is 2. The summed E-state index contributed by atoms with van der Waals surface area (Å²) in [4.78, 5) is 83.7. The molecule has 6 heterocycles. The number of carbonyl (C=O) groups is 5. The fourth-order valence-corrected chi connectivity index (χ4v) is 10.6. The Morgan fingerprint density at radius 2 is 1.94 bits per heavy atom. The Bertz CT molecular complexity index is 2460. The maximum absolute atomic E-state index is 14.6. The van der Waals surface area contributed by atoms with Gasteiger partial charge in [-0.25, -0.2) is 15.2 Å². The normalized spacial score (nSPS) is 20.5. The van der Waals surface area contributed by atoms with Crippen molar-refractivity contribution in [3.05, 3.63) is 70.8 Å². The van der Waals surface area contributed by atoms with Crippen molar-refractivity contribution in [2.45, 2.75) is 98.0 Å². The molecule has 0 aliphatic carbocycles. The van der Waals surface area contributed by atoms with Crippen molar-refractivity contribution in [3.8, 4) is 22.5 Å². The van der Waals surface area contributed by atoms with Crippen LogP contribution in [0.1, 0.15) is 70.1 Å². The number of esters is 1. The van der Waals surface area contributed by atoms with E-state index in [-0.39, 0.29) is 36.8 Å². The molecule has 17 heteroatoms. The monoisotopic (exact) mass is 923 g/mol. The largest absolute Gasteiger partial charge is 0.464 e. The Hall–Kier alpha value is -5.65. The number of methoxy groups -OCH3 is 1. The summed E-state index contributed by atoms with van der Waals surface area (Å²) < 4.78 is 14.0. The minimum absolute atomic E-state index is 0.0804. The molecule has 5 amide bonds. The first-order valence-electron chi connectivity index (χ1n) is 23.0. The van der Waals surface area contributed by atoms with Crippen LogP contribution in [0.3, 0.4) is 0 Å². The second-order valence-corrected chi connectivity index (χ2v) is 19.9. The molecule has 6 bridgehead atoms. The van der Waals surface area contributed by atoms with Crippen LogP contribution in [0, 0.1) is 17.3 Å². The van der Waals surface area contributed by atoms with Crippen LogP contribution in [0.15, 0.2) is 54.6 Å². The molecule has 2 saturated heterocycles. The number of rotatable bonds is 11. The van der Waals surface area contributed by atoms with E-state index in [9.17, 15) is 24.0 Å². The van der Waals surface area contributed by atoms with E-state index in [2.05, 4.69) is 66.9 Å². The van der Waals surface area contributed by atoms with E-state index < -0.39 is 41.3 Å². The number of aromatic nitrogens is 3. The van der Waals surface area contributed by atoms with E-state index in [0.717, 1.165) is 51.1 Å². The smallest absolute Gasteiger partial charge is 0.324 e. The van der Waals surface area contributed by atoms with Crippen LogP contribution in [-0.2, 0) is 54.6 Å². The van der Waals surface area contributed by atoms with Gasteiger partial charge in [0.25, 0.3) is 5.91 Å². The number of urea groups is 1. The molecule has 3 aliphatic rings. The second kappa shape index (κ2) is 20.5. The highest BCUT2D eigenvalue weighted by Crippen LogP contribution is 2.41. The molecule has 354 valence electrons. The number of pyridine rings is 1. The molecule has 4 atom stereocenters. The Labute approximate surface area is 391 Å². The second-order valence-electron chi connectivity index (χ2n) is 19.0. The van der Waals surface area contributed by atoms with Crippen molar-refractivity contribution in [1.82, 2.24) is 45.0 Å². The minimum atomic E-state index is -1.08. The molecule has 66 heavy (non-hydrogen) atoms. The van der Waals surface area contributed by atoms with Crippen LogP contribution in [0.25, 0.3) is 33.4 Å². The molecular weight excluding hydrogens is 859 g/mol. The molecule has 7 rings (SSSR count). The number of nitrogens with one attached hydrogen (secondary N) is 2. The van der Waals surface area contributed by atoms with Gasteiger partial charge in [0.1, 0.15) is 18.1 Å². The first kappa shape index (κ1) is 48.3. The predicted molar refractivity (Wildman–Crippen MR) is 254 cm³/mol. The minimum Gasteiger partial charge on any atom is -0.464 e. The molecular formula is C49H65N9O7S. The highest BCUT2D eigenvalue weighted by Gasteiger charge is 2.40. The third kappa shape index (κ3) is 10.3. The summed E-state index contributed by atoms with van der Waals surface area (Å²) in [5.74, 6) is -1.75. The first-order chi connectivity index (χ1) is 31.5. The fourth-order valence-electron chi connectivity index (χ4n) is 9.73. The van der Waals surface area contributed by atoms with Crippen molar-refractivity contribution >= 4 is 52.0 Å². The van der Waals surface area contributed by atoms with Crippen LogP contribution in [0.2, 0.25) is 0 Å². The van der Waals surface area contributed by atoms with Gasteiger partial charge in [0.15, 0.2) is 0 Å². The van der Waals surface area contributed by atoms with Crippen LogP contribution in [-0.4, -0.2) is 136 Å². The lowest BCUT2D eigenvalue weighted by Crippen LogP contribution is -2.62. The van der Waals surface area contributed by atoms with E-state index in [1.165, 1.54) is 27.3 Å². The summed E-state index contributed by atoms with van der Waals surface area (Å²) in [7, 11) is 5.00.